The number of hydrogen-bond acceptors (Lipinski definition) is 4. The van der Waals surface area contributed by atoms with Gasteiger partial charge < -0.3 is 5.32 Å². The quantitative estimate of drug-likeness (QED) is 0.814. The van der Waals surface area contributed by atoms with E-state index in [4.69, 9.17) is 0 Å². The highest BCUT2D eigenvalue weighted by Crippen LogP contribution is 2.13. The summed E-state index contributed by atoms with van der Waals surface area (Å²) >= 11 is 1.68. The number of likely N-dealkylation sites (N-methyl/N-ethyl adjacent to an activating group) is 1. The lowest BCUT2D eigenvalue weighted by atomic mass is 10.3. The predicted molar refractivity (Wildman–Crippen MR) is 59.5 cm³/mol. The molecular formula is C10H17N3S. The van der Waals surface area contributed by atoms with E-state index < -0.39 is 0 Å². The molecule has 14 heavy (non-hydrogen) atoms. The van der Waals surface area contributed by atoms with Crippen molar-refractivity contribution in [1.29, 1.82) is 0 Å². The van der Waals surface area contributed by atoms with Crippen LogP contribution in [0.2, 0.25) is 0 Å². The third kappa shape index (κ3) is 2.53. The normalized spacial score (nSPS) is 23.1. The SMILES string of the molecule is CCNC1CCN(Cc2cscn2)C1. The summed E-state index contributed by atoms with van der Waals surface area (Å²) in [7, 11) is 0. The first-order chi connectivity index (χ1) is 6.88. The zero-order valence-corrected chi connectivity index (χ0v) is 9.39. The fourth-order valence-corrected chi connectivity index (χ4v) is 2.53. The minimum absolute atomic E-state index is 0.693. The van der Waals surface area contributed by atoms with E-state index in [1.807, 2.05) is 5.51 Å². The molecule has 0 spiro atoms. The highest BCUT2D eigenvalue weighted by molar-refractivity contribution is 7.07. The maximum absolute atomic E-state index is 4.31. The molecule has 1 atom stereocenters. The van der Waals surface area contributed by atoms with Gasteiger partial charge in [-0.2, -0.15) is 0 Å². The fraction of sp³-hybridized carbons (Fsp3) is 0.700. The molecule has 1 aliphatic rings. The molecule has 0 aromatic carbocycles. The lowest BCUT2D eigenvalue weighted by molar-refractivity contribution is 0.317. The van der Waals surface area contributed by atoms with Crippen LogP contribution in [0.25, 0.3) is 0 Å². The van der Waals surface area contributed by atoms with Crippen molar-refractivity contribution < 1.29 is 0 Å². The number of rotatable bonds is 4. The van der Waals surface area contributed by atoms with Gasteiger partial charge >= 0.3 is 0 Å². The largest absolute Gasteiger partial charge is 0.313 e. The van der Waals surface area contributed by atoms with Crippen LogP contribution in [-0.4, -0.2) is 35.6 Å². The molecule has 0 bridgehead atoms. The van der Waals surface area contributed by atoms with Crippen molar-refractivity contribution in [3.8, 4) is 0 Å². The molecule has 2 rings (SSSR count). The minimum Gasteiger partial charge on any atom is -0.313 e. The summed E-state index contributed by atoms with van der Waals surface area (Å²) in [6.45, 7) is 6.64. The van der Waals surface area contributed by atoms with Gasteiger partial charge in [0.25, 0.3) is 0 Å². The molecule has 2 heterocycles. The molecule has 0 saturated carbocycles. The number of thiazole rings is 1. The Morgan fingerprint density at radius 3 is 3.36 bits per heavy atom. The van der Waals surface area contributed by atoms with Gasteiger partial charge in [0, 0.05) is 31.1 Å². The lowest BCUT2D eigenvalue weighted by Gasteiger charge is -2.14. The van der Waals surface area contributed by atoms with Crippen molar-refractivity contribution in [2.24, 2.45) is 0 Å². The summed E-state index contributed by atoms with van der Waals surface area (Å²) in [5, 5.41) is 5.63. The average molecular weight is 211 g/mol. The van der Waals surface area contributed by atoms with Crippen molar-refractivity contribution in [2.45, 2.75) is 25.9 Å². The minimum atomic E-state index is 0.693. The molecule has 0 amide bonds. The number of likely N-dealkylation sites (tertiary alicyclic amines) is 1. The van der Waals surface area contributed by atoms with Crippen LogP contribution in [-0.2, 0) is 6.54 Å². The molecule has 3 nitrogen and oxygen atoms in total. The monoisotopic (exact) mass is 211 g/mol. The number of hydrogen-bond donors (Lipinski definition) is 1. The second kappa shape index (κ2) is 4.87. The van der Waals surface area contributed by atoms with Crippen LogP contribution >= 0.6 is 11.3 Å². The molecule has 4 heteroatoms. The van der Waals surface area contributed by atoms with Gasteiger partial charge in [0.05, 0.1) is 11.2 Å². The Hall–Kier alpha value is -0.450. The van der Waals surface area contributed by atoms with Crippen molar-refractivity contribution in [3.63, 3.8) is 0 Å². The van der Waals surface area contributed by atoms with Gasteiger partial charge in [0.1, 0.15) is 0 Å². The summed E-state index contributed by atoms with van der Waals surface area (Å²) in [6.07, 6.45) is 1.28. The third-order valence-electron chi connectivity index (χ3n) is 2.63. The van der Waals surface area contributed by atoms with Crippen LogP contribution in [0.4, 0.5) is 0 Å². The van der Waals surface area contributed by atoms with E-state index in [2.05, 4.69) is 27.5 Å². The summed E-state index contributed by atoms with van der Waals surface area (Å²) in [6, 6.07) is 0.693. The average Bonchev–Trinajstić information content (AvgIpc) is 2.79. The predicted octanol–water partition coefficient (Wildman–Crippen LogP) is 1.33. The van der Waals surface area contributed by atoms with E-state index in [0.29, 0.717) is 6.04 Å². The Morgan fingerprint density at radius 1 is 1.71 bits per heavy atom. The zero-order valence-electron chi connectivity index (χ0n) is 8.57. The summed E-state index contributed by atoms with van der Waals surface area (Å²) in [5.74, 6) is 0. The first kappa shape index (κ1) is 10.1. The molecule has 1 aromatic heterocycles. The van der Waals surface area contributed by atoms with Crippen LogP contribution in [0.3, 0.4) is 0 Å². The second-order valence-corrected chi connectivity index (χ2v) is 4.48. The Labute approximate surface area is 89.1 Å². The van der Waals surface area contributed by atoms with E-state index >= 15 is 0 Å². The lowest BCUT2D eigenvalue weighted by Crippen LogP contribution is -2.32. The van der Waals surface area contributed by atoms with Gasteiger partial charge in [-0.3, -0.25) is 4.90 Å². The van der Waals surface area contributed by atoms with Crippen molar-refractivity contribution in [3.05, 3.63) is 16.6 Å². The Kier molecular flexibility index (Phi) is 3.50. The van der Waals surface area contributed by atoms with Crippen molar-refractivity contribution in [2.75, 3.05) is 19.6 Å². The van der Waals surface area contributed by atoms with Crippen LogP contribution in [0.15, 0.2) is 10.9 Å². The molecule has 1 aromatic rings. The van der Waals surface area contributed by atoms with Crippen LogP contribution in [0.1, 0.15) is 19.0 Å². The van der Waals surface area contributed by atoms with E-state index in [1.165, 1.54) is 25.2 Å². The molecule has 0 aliphatic carbocycles. The Bertz CT molecular complexity index is 260. The van der Waals surface area contributed by atoms with Crippen LogP contribution in [0, 0.1) is 0 Å². The van der Waals surface area contributed by atoms with Crippen molar-refractivity contribution in [1.82, 2.24) is 15.2 Å². The molecule has 1 N–H and O–H groups in total. The fourth-order valence-electron chi connectivity index (χ4n) is 1.98. The maximum atomic E-state index is 4.31. The van der Waals surface area contributed by atoms with Gasteiger partial charge in [0.15, 0.2) is 0 Å². The van der Waals surface area contributed by atoms with Gasteiger partial charge in [-0.15, -0.1) is 11.3 Å². The summed E-state index contributed by atoms with van der Waals surface area (Å²) in [4.78, 5) is 6.78. The standard InChI is InChI=1S/C10H17N3S/c1-2-11-9-3-4-13(5-9)6-10-7-14-8-12-10/h7-9,11H,2-6H2,1H3. The molecule has 78 valence electrons. The topological polar surface area (TPSA) is 28.2 Å². The van der Waals surface area contributed by atoms with Crippen LogP contribution in [0.5, 0.6) is 0 Å². The highest BCUT2D eigenvalue weighted by Gasteiger charge is 2.21. The second-order valence-electron chi connectivity index (χ2n) is 3.76. The Morgan fingerprint density at radius 2 is 2.64 bits per heavy atom. The van der Waals surface area contributed by atoms with Gasteiger partial charge in [-0.1, -0.05) is 6.92 Å². The summed E-state index contributed by atoms with van der Waals surface area (Å²) in [5.41, 5.74) is 3.12. The van der Waals surface area contributed by atoms with E-state index in [9.17, 15) is 0 Å². The number of nitrogens with zero attached hydrogens (tertiary/aromatic N) is 2. The van der Waals surface area contributed by atoms with E-state index in [0.717, 1.165) is 13.1 Å². The highest BCUT2D eigenvalue weighted by atomic mass is 32.1. The Balaban J connectivity index is 1.79. The first-order valence-electron chi connectivity index (χ1n) is 5.21. The van der Waals surface area contributed by atoms with E-state index in [-0.39, 0.29) is 0 Å². The van der Waals surface area contributed by atoms with Crippen LogP contribution < -0.4 is 5.32 Å². The van der Waals surface area contributed by atoms with Gasteiger partial charge in [-0.05, 0) is 13.0 Å². The molecule has 1 fully saturated rings. The first-order valence-corrected chi connectivity index (χ1v) is 6.15. The number of nitrogens with one attached hydrogen (secondary N) is 1. The summed E-state index contributed by atoms with van der Waals surface area (Å²) < 4.78 is 0. The molecule has 0 radical (unpaired) electrons. The maximum Gasteiger partial charge on any atom is 0.0795 e. The van der Waals surface area contributed by atoms with Crippen molar-refractivity contribution >= 4 is 11.3 Å². The van der Waals surface area contributed by atoms with Gasteiger partial charge in [-0.25, -0.2) is 4.98 Å². The van der Waals surface area contributed by atoms with E-state index in [1.54, 1.807) is 11.3 Å². The number of aromatic nitrogens is 1. The molecule has 1 saturated heterocycles. The molecule has 1 unspecified atom stereocenters. The zero-order chi connectivity index (χ0) is 9.80. The molecule has 1 aliphatic heterocycles. The smallest absolute Gasteiger partial charge is 0.0795 e. The molecular weight excluding hydrogens is 194 g/mol. The van der Waals surface area contributed by atoms with Gasteiger partial charge in [0.2, 0.25) is 0 Å². The third-order valence-corrected chi connectivity index (χ3v) is 3.27.